The average molecular weight is 283 g/mol. The summed E-state index contributed by atoms with van der Waals surface area (Å²) in [4.78, 5) is 14.8. The van der Waals surface area contributed by atoms with Crippen LogP contribution in [0, 0.1) is 5.92 Å². The van der Waals surface area contributed by atoms with Crippen molar-refractivity contribution in [3.05, 3.63) is 0 Å². The maximum Gasteiger partial charge on any atom is 0.228 e. The molecule has 1 aliphatic carbocycles. The molecule has 3 nitrogen and oxygen atoms in total. The molecule has 2 heterocycles. The average Bonchev–Trinajstić information content (AvgIpc) is 2.48. The van der Waals surface area contributed by atoms with Gasteiger partial charge in [0.1, 0.15) is 0 Å². The Morgan fingerprint density at radius 1 is 1.21 bits per heavy atom. The summed E-state index contributed by atoms with van der Waals surface area (Å²) in [6, 6.07) is 0. The maximum atomic E-state index is 12.6. The van der Waals surface area contributed by atoms with Crippen molar-refractivity contribution in [3.63, 3.8) is 0 Å². The SMILES string of the molecule is O=C(C1CCCOC1)N1CCSC2(CCCCC2)C1. The molecule has 1 amide bonds. The fourth-order valence-electron chi connectivity index (χ4n) is 3.73. The Bertz CT molecular complexity index is 317. The maximum absolute atomic E-state index is 12.6. The minimum atomic E-state index is 0.137. The molecule has 1 saturated carbocycles. The van der Waals surface area contributed by atoms with Crippen molar-refractivity contribution < 1.29 is 9.53 Å². The summed E-state index contributed by atoms with van der Waals surface area (Å²) in [6.07, 6.45) is 8.76. The lowest BCUT2D eigenvalue weighted by molar-refractivity contribution is -0.140. The second-order valence-electron chi connectivity index (χ2n) is 6.27. The summed E-state index contributed by atoms with van der Waals surface area (Å²) in [5.41, 5.74) is 0. The summed E-state index contributed by atoms with van der Waals surface area (Å²) in [6.45, 7) is 3.42. The van der Waals surface area contributed by atoms with Crippen molar-refractivity contribution in [2.75, 3.05) is 32.1 Å². The van der Waals surface area contributed by atoms with Crippen LogP contribution in [0.1, 0.15) is 44.9 Å². The van der Waals surface area contributed by atoms with Gasteiger partial charge in [-0.05, 0) is 25.7 Å². The summed E-state index contributed by atoms with van der Waals surface area (Å²) in [5.74, 6) is 1.63. The van der Waals surface area contributed by atoms with Gasteiger partial charge in [-0.1, -0.05) is 19.3 Å². The van der Waals surface area contributed by atoms with E-state index in [0.29, 0.717) is 17.3 Å². The van der Waals surface area contributed by atoms with Gasteiger partial charge in [0.15, 0.2) is 0 Å². The van der Waals surface area contributed by atoms with Crippen LogP contribution in [-0.4, -0.2) is 47.6 Å². The third-order valence-corrected chi connectivity index (χ3v) is 6.37. The Morgan fingerprint density at radius 3 is 2.79 bits per heavy atom. The van der Waals surface area contributed by atoms with Crippen LogP contribution < -0.4 is 0 Å². The van der Waals surface area contributed by atoms with Crippen LogP contribution >= 0.6 is 11.8 Å². The molecule has 3 fully saturated rings. The van der Waals surface area contributed by atoms with Gasteiger partial charge in [0.05, 0.1) is 12.5 Å². The van der Waals surface area contributed by atoms with E-state index in [0.717, 1.165) is 38.3 Å². The van der Waals surface area contributed by atoms with Crippen LogP contribution in [-0.2, 0) is 9.53 Å². The van der Waals surface area contributed by atoms with Crippen molar-refractivity contribution in [2.24, 2.45) is 5.92 Å². The van der Waals surface area contributed by atoms with Crippen LogP contribution in [0.15, 0.2) is 0 Å². The van der Waals surface area contributed by atoms with E-state index in [2.05, 4.69) is 16.7 Å². The highest BCUT2D eigenvalue weighted by Gasteiger charge is 2.40. The summed E-state index contributed by atoms with van der Waals surface area (Å²) in [5, 5.41) is 0. The molecule has 3 aliphatic rings. The molecule has 4 heteroatoms. The van der Waals surface area contributed by atoms with Crippen LogP contribution in [0.3, 0.4) is 0 Å². The van der Waals surface area contributed by atoms with Gasteiger partial charge >= 0.3 is 0 Å². The number of nitrogens with zero attached hydrogens (tertiary/aromatic N) is 1. The Morgan fingerprint density at radius 2 is 2.05 bits per heavy atom. The molecule has 1 spiro atoms. The highest BCUT2D eigenvalue weighted by atomic mass is 32.2. The van der Waals surface area contributed by atoms with E-state index in [9.17, 15) is 4.79 Å². The molecular formula is C15H25NO2S. The van der Waals surface area contributed by atoms with Crippen LogP contribution in [0.4, 0.5) is 0 Å². The van der Waals surface area contributed by atoms with E-state index in [1.54, 1.807) is 0 Å². The van der Waals surface area contributed by atoms with Gasteiger partial charge in [-0.15, -0.1) is 0 Å². The van der Waals surface area contributed by atoms with Crippen molar-refractivity contribution >= 4 is 17.7 Å². The minimum Gasteiger partial charge on any atom is -0.381 e. The van der Waals surface area contributed by atoms with Crippen molar-refractivity contribution in [3.8, 4) is 0 Å². The van der Waals surface area contributed by atoms with Gasteiger partial charge in [0, 0.05) is 30.2 Å². The standard InChI is InChI=1S/C15H25NO2S/c17-14(13-5-4-9-18-11-13)16-8-10-19-15(12-16)6-2-1-3-7-15/h13H,1-12H2. The molecule has 1 unspecified atom stereocenters. The zero-order valence-electron chi connectivity index (χ0n) is 11.7. The first-order valence-electron chi connectivity index (χ1n) is 7.80. The molecule has 1 atom stereocenters. The highest BCUT2D eigenvalue weighted by molar-refractivity contribution is 8.00. The molecule has 0 aromatic rings. The molecule has 0 aromatic carbocycles. The molecule has 108 valence electrons. The van der Waals surface area contributed by atoms with Crippen LogP contribution in [0.2, 0.25) is 0 Å². The number of carbonyl (C=O) groups excluding carboxylic acids is 1. The van der Waals surface area contributed by atoms with Gasteiger partial charge in [-0.2, -0.15) is 11.8 Å². The van der Waals surface area contributed by atoms with E-state index in [1.165, 1.54) is 32.1 Å². The first-order valence-corrected chi connectivity index (χ1v) is 8.78. The second-order valence-corrected chi connectivity index (χ2v) is 7.83. The Hall–Kier alpha value is -0.220. The summed E-state index contributed by atoms with van der Waals surface area (Å²) < 4.78 is 5.87. The van der Waals surface area contributed by atoms with E-state index in [-0.39, 0.29) is 5.92 Å². The van der Waals surface area contributed by atoms with Gasteiger partial charge in [-0.3, -0.25) is 4.79 Å². The first kappa shape index (κ1) is 13.7. The molecule has 0 N–H and O–H groups in total. The Balaban J connectivity index is 1.62. The van der Waals surface area contributed by atoms with E-state index >= 15 is 0 Å². The fourth-order valence-corrected chi connectivity index (χ4v) is 5.29. The molecular weight excluding hydrogens is 258 g/mol. The molecule has 19 heavy (non-hydrogen) atoms. The van der Waals surface area contributed by atoms with Crippen LogP contribution in [0.5, 0.6) is 0 Å². The smallest absolute Gasteiger partial charge is 0.228 e. The first-order chi connectivity index (χ1) is 9.29. The summed E-state index contributed by atoms with van der Waals surface area (Å²) >= 11 is 2.13. The lowest BCUT2D eigenvalue weighted by atomic mass is 9.87. The number of rotatable bonds is 1. The molecule has 2 saturated heterocycles. The van der Waals surface area contributed by atoms with E-state index < -0.39 is 0 Å². The predicted molar refractivity (Wildman–Crippen MR) is 78.4 cm³/mol. The molecule has 0 bridgehead atoms. The number of ether oxygens (including phenoxy) is 1. The zero-order chi connectivity index (χ0) is 13.1. The van der Waals surface area contributed by atoms with Crippen molar-refractivity contribution in [1.29, 1.82) is 0 Å². The third-order valence-electron chi connectivity index (χ3n) is 4.83. The van der Waals surface area contributed by atoms with Crippen molar-refractivity contribution in [1.82, 2.24) is 4.90 Å². The third kappa shape index (κ3) is 3.10. The van der Waals surface area contributed by atoms with Gasteiger partial charge in [0.2, 0.25) is 5.91 Å². The lowest BCUT2D eigenvalue weighted by Crippen LogP contribution is -2.52. The van der Waals surface area contributed by atoms with Gasteiger partial charge < -0.3 is 9.64 Å². The second kappa shape index (κ2) is 6.04. The highest BCUT2D eigenvalue weighted by Crippen LogP contribution is 2.43. The Kier molecular flexibility index (Phi) is 4.37. The van der Waals surface area contributed by atoms with Crippen molar-refractivity contribution in [2.45, 2.75) is 49.7 Å². The van der Waals surface area contributed by atoms with Gasteiger partial charge in [-0.25, -0.2) is 0 Å². The normalized spacial score (nSPS) is 31.4. The monoisotopic (exact) mass is 283 g/mol. The zero-order valence-corrected chi connectivity index (χ0v) is 12.6. The quantitative estimate of drug-likeness (QED) is 0.741. The van der Waals surface area contributed by atoms with E-state index in [4.69, 9.17) is 4.74 Å². The van der Waals surface area contributed by atoms with Crippen LogP contribution in [0.25, 0.3) is 0 Å². The minimum absolute atomic E-state index is 0.137. The predicted octanol–water partition coefficient (Wildman–Crippen LogP) is 2.69. The Labute approximate surface area is 120 Å². The lowest BCUT2D eigenvalue weighted by Gasteiger charge is -2.45. The number of hydrogen-bond donors (Lipinski definition) is 0. The number of amides is 1. The number of hydrogen-bond acceptors (Lipinski definition) is 3. The molecule has 2 aliphatic heterocycles. The number of carbonyl (C=O) groups is 1. The number of thioether (sulfide) groups is 1. The largest absolute Gasteiger partial charge is 0.381 e. The molecule has 3 rings (SSSR count). The van der Waals surface area contributed by atoms with Gasteiger partial charge in [0.25, 0.3) is 0 Å². The molecule has 0 aromatic heterocycles. The molecule has 0 radical (unpaired) electrons. The summed E-state index contributed by atoms with van der Waals surface area (Å²) in [7, 11) is 0. The van der Waals surface area contributed by atoms with E-state index in [1.807, 2.05) is 0 Å². The fraction of sp³-hybridized carbons (Fsp3) is 0.933. The topological polar surface area (TPSA) is 29.5 Å².